The molecule has 0 aromatic heterocycles. The Morgan fingerprint density at radius 3 is 2.50 bits per heavy atom. The SMILES string of the molecule is CCC(COC)Nc1ccc(C(N)=S)cc1. The van der Waals surface area contributed by atoms with Crippen molar-refractivity contribution in [2.24, 2.45) is 5.73 Å². The Hall–Kier alpha value is -1.13. The predicted octanol–water partition coefficient (Wildman–Crippen LogP) is 2.16. The molecule has 0 amide bonds. The van der Waals surface area contributed by atoms with Gasteiger partial charge >= 0.3 is 0 Å². The largest absolute Gasteiger partial charge is 0.389 e. The molecule has 1 unspecified atom stereocenters. The van der Waals surface area contributed by atoms with E-state index >= 15 is 0 Å². The molecule has 16 heavy (non-hydrogen) atoms. The average molecular weight is 238 g/mol. The Kier molecular flexibility index (Phi) is 5.22. The Labute approximate surface area is 102 Å². The van der Waals surface area contributed by atoms with Crippen molar-refractivity contribution < 1.29 is 4.74 Å². The van der Waals surface area contributed by atoms with Crippen molar-refractivity contribution in [3.8, 4) is 0 Å². The van der Waals surface area contributed by atoms with E-state index in [9.17, 15) is 0 Å². The van der Waals surface area contributed by atoms with E-state index in [4.69, 9.17) is 22.7 Å². The third-order valence-corrected chi connectivity index (χ3v) is 2.64. The maximum atomic E-state index is 5.53. The Balaban J connectivity index is 2.63. The molecule has 0 heterocycles. The minimum atomic E-state index is 0.334. The summed E-state index contributed by atoms with van der Waals surface area (Å²) in [5, 5.41) is 3.39. The molecule has 88 valence electrons. The summed E-state index contributed by atoms with van der Waals surface area (Å²) in [5.74, 6) is 0. The summed E-state index contributed by atoms with van der Waals surface area (Å²) in [4.78, 5) is 0.426. The van der Waals surface area contributed by atoms with Crippen molar-refractivity contribution in [2.75, 3.05) is 19.0 Å². The fraction of sp³-hybridized carbons (Fsp3) is 0.417. The summed E-state index contributed by atoms with van der Waals surface area (Å²) in [7, 11) is 1.71. The molecular formula is C12H18N2OS. The van der Waals surface area contributed by atoms with Gasteiger partial charge in [0.25, 0.3) is 0 Å². The molecular weight excluding hydrogens is 220 g/mol. The number of hydrogen-bond acceptors (Lipinski definition) is 3. The first-order valence-corrected chi connectivity index (χ1v) is 5.73. The Morgan fingerprint density at radius 1 is 1.44 bits per heavy atom. The molecule has 1 aromatic rings. The quantitative estimate of drug-likeness (QED) is 0.746. The lowest BCUT2D eigenvalue weighted by molar-refractivity contribution is 0.184. The van der Waals surface area contributed by atoms with E-state index in [1.165, 1.54) is 0 Å². The van der Waals surface area contributed by atoms with Gasteiger partial charge in [0.05, 0.1) is 6.61 Å². The second-order valence-corrected chi connectivity index (χ2v) is 4.09. The first-order chi connectivity index (χ1) is 7.67. The van der Waals surface area contributed by atoms with Gasteiger partial charge in [0.15, 0.2) is 0 Å². The van der Waals surface area contributed by atoms with E-state index in [1.54, 1.807) is 7.11 Å². The van der Waals surface area contributed by atoms with Crippen molar-refractivity contribution in [1.82, 2.24) is 0 Å². The van der Waals surface area contributed by atoms with Crippen LogP contribution in [0.5, 0.6) is 0 Å². The van der Waals surface area contributed by atoms with Gasteiger partial charge in [0.2, 0.25) is 0 Å². The molecule has 0 aliphatic heterocycles. The predicted molar refractivity (Wildman–Crippen MR) is 71.9 cm³/mol. The van der Waals surface area contributed by atoms with Crippen LogP contribution in [0.3, 0.4) is 0 Å². The van der Waals surface area contributed by atoms with Gasteiger partial charge in [0, 0.05) is 24.4 Å². The van der Waals surface area contributed by atoms with Crippen molar-refractivity contribution in [1.29, 1.82) is 0 Å². The molecule has 0 aliphatic carbocycles. The molecule has 3 N–H and O–H groups in total. The van der Waals surface area contributed by atoms with Crippen LogP contribution in [0.2, 0.25) is 0 Å². The number of rotatable bonds is 6. The summed E-state index contributed by atoms with van der Waals surface area (Å²) in [6, 6.07) is 8.13. The standard InChI is InChI=1S/C12H18N2OS/c1-3-10(8-15-2)14-11-6-4-9(5-7-11)12(13)16/h4-7,10,14H,3,8H2,1-2H3,(H2,13,16). The minimum absolute atomic E-state index is 0.334. The smallest absolute Gasteiger partial charge is 0.103 e. The molecule has 0 saturated carbocycles. The molecule has 0 aliphatic rings. The summed E-state index contributed by atoms with van der Waals surface area (Å²) in [6.45, 7) is 2.83. The highest BCUT2D eigenvalue weighted by atomic mass is 32.1. The monoisotopic (exact) mass is 238 g/mol. The van der Waals surface area contributed by atoms with Gasteiger partial charge in [-0.25, -0.2) is 0 Å². The molecule has 0 spiro atoms. The van der Waals surface area contributed by atoms with Crippen LogP contribution in [0.25, 0.3) is 0 Å². The molecule has 0 saturated heterocycles. The van der Waals surface area contributed by atoms with Crippen molar-refractivity contribution in [3.63, 3.8) is 0 Å². The molecule has 1 rings (SSSR count). The minimum Gasteiger partial charge on any atom is -0.389 e. The summed E-state index contributed by atoms with van der Waals surface area (Å²) in [5.41, 5.74) is 7.48. The second kappa shape index (κ2) is 6.45. The van der Waals surface area contributed by atoms with E-state index in [2.05, 4.69) is 12.2 Å². The lowest BCUT2D eigenvalue weighted by atomic mass is 10.2. The highest BCUT2D eigenvalue weighted by Crippen LogP contribution is 2.12. The number of nitrogens with two attached hydrogens (primary N) is 1. The zero-order chi connectivity index (χ0) is 12.0. The number of hydrogen-bond donors (Lipinski definition) is 2. The second-order valence-electron chi connectivity index (χ2n) is 3.65. The fourth-order valence-corrected chi connectivity index (χ4v) is 1.57. The van der Waals surface area contributed by atoms with Crippen LogP contribution >= 0.6 is 12.2 Å². The number of ether oxygens (including phenoxy) is 1. The van der Waals surface area contributed by atoms with Gasteiger partial charge in [-0.3, -0.25) is 0 Å². The van der Waals surface area contributed by atoms with Gasteiger partial charge in [-0.1, -0.05) is 19.1 Å². The van der Waals surface area contributed by atoms with Crippen LogP contribution < -0.4 is 11.1 Å². The van der Waals surface area contributed by atoms with Gasteiger partial charge in [-0.15, -0.1) is 0 Å². The van der Waals surface area contributed by atoms with E-state index in [1.807, 2.05) is 24.3 Å². The highest BCUT2D eigenvalue weighted by molar-refractivity contribution is 7.80. The summed E-state index contributed by atoms with van der Waals surface area (Å²) < 4.78 is 5.13. The van der Waals surface area contributed by atoms with Crippen molar-refractivity contribution >= 4 is 22.9 Å². The molecule has 3 nitrogen and oxygen atoms in total. The maximum Gasteiger partial charge on any atom is 0.103 e. The number of nitrogens with one attached hydrogen (secondary N) is 1. The van der Waals surface area contributed by atoms with Crippen LogP contribution in [-0.4, -0.2) is 24.7 Å². The summed E-state index contributed by atoms with van der Waals surface area (Å²) in [6.07, 6.45) is 1.02. The fourth-order valence-electron chi connectivity index (χ4n) is 1.43. The van der Waals surface area contributed by atoms with Gasteiger partial charge in [0.1, 0.15) is 4.99 Å². The lowest BCUT2D eigenvalue weighted by Crippen LogP contribution is -2.23. The van der Waals surface area contributed by atoms with Gasteiger partial charge in [-0.05, 0) is 30.7 Å². The third kappa shape index (κ3) is 3.79. The number of benzene rings is 1. The first-order valence-electron chi connectivity index (χ1n) is 5.32. The van der Waals surface area contributed by atoms with E-state index < -0.39 is 0 Å². The van der Waals surface area contributed by atoms with Crippen LogP contribution in [0.4, 0.5) is 5.69 Å². The highest BCUT2D eigenvalue weighted by Gasteiger charge is 2.05. The van der Waals surface area contributed by atoms with Gasteiger partial charge < -0.3 is 15.8 Å². The number of anilines is 1. The zero-order valence-electron chi connectivity index (χ0n) is 9.69. The molecule has 4 heteroatoms. The maximum absolute atomic E-state index is 5.53. The van der Waals surface area contributed by atoms with Crippen molar-refractivity contribution in [3.05, 3.63) is 29.8 Å². The van der Waals surface area contributed by atoms with E-state index in [0.29, 0.717) is 17.6 Å². The lowest BCUT2D eigenvalue weighted by Gasteiger charge is -2.17. The van der Waals surface area contributed by atoms with E-state index in [-0.39, 0.29) is 0 Å². The molecule has 0 radical (unpaired) electrons. The molecule has 0 fully saturated rings. The Morgan fingerprint density at radius 2 is 2.06 bits per heavy atom. The summed E-state index contributed by atoms with van der Waals surface area (Å²) >= 11 is 4.89. The third-order valence-electron chi connectivity index (χ3n) is 2.40. The van der Waals surface area contributed by atoms with Crippen LogP contribution in [0.1, 0.15) is 18.9 Å². The molecule has 0 bridgehead atoms. The number of thiocarbonyl (C=S) groups is 1. The van der Waals surface area contributed by atoms with Gasteiger partial charge in [-0.2, -0.15) is 0 Å². The van der Waals surface area contributed by atoms with Crippen LogP contribution in [0.15, 0.2) is 24.3 Å². The van der Waals surface area contributed by atoms with Crippen LogP contribution in [0, 0.1) is 0 Å². The molecule has 1 aromatic carbocycles. The average Bonchev–Trinajstić information content (AvgIpc) is 2.29. The first kappa shape index (κ1) is 12.9. The topological polar surface area (TPSA) is 47.3 Å². The van der Waals surface area contributed by atoms with E-state index in [0.717, 1.165) is 17.7 Å². The number of methoxy groups -OCH3 is 1. The van der Waals surface area contributed by atoms with Crippen molar-refractivity contribution in [2.45, 2.75) is 19.4 Å². The normalized spacial score (nSPS) is 12.1. The Bertz CT molecular complexity index is 337. The zero-order valence-corrected chi connectivity index (χ0v) is 10.5. The molecule has 1 atom stereocenters. The van der Waals surface area contributed by atoms with Crippen LogP contribution in [-0.2, 0) is 4.74 Å².